The minimum absolute atomic E-state index is 0.233. The van der Waals surface area contributed by atoms with Gasteiger partial charge >= 0.3 is 0 Å². The zero-order chi connectivity index (χ0) is 14.3. The normalized spacial score (nSPS) is 16.1. The van der Waals surface area contributed by atoms with Gasteiger partial charge in [-0.1, -0.05) is 0 Å². The monoisotopic (exact) mass is 372 g/mol. The van der Waals surface area contributed by atoms with Crippen molar-refractivity contribution in [3.8, 4) is 0 Å². The number of rotatable bonds is 2. The summed E-state index contributed by atoms with van der Waals surface area (Å²) < 4.78 is 27.5. The minimum atomic E-state index is -3.52. The minimum Gasteiger partial charge on any atom is -0.399 e. The number of anilines is 1. The lowest BCUT2D eigenvalue weighted by molar-refractivity contribution is 0.394. The maximum Gasteiger partial charge on any atom is 0.244 e. The van der Waals surface area contributed by atoms with Crippen LogP contribution in [0.2, 0.25) is 0 Å². The Morgan fingerprint density at radius 1 is 1.30 bits per heavy atom. The maximum atomic E-state index is 12.7. The van der Waals surface area contributed by atoms with Crippen LogP contribution in [0, 0.1) is 0 Å². The molecule has 0 bridgehead atoms. The standard InChI is InChI=1S/C13H13BrN2O2S2/c14-11-2-1-10(15)7-13(11)20(17,18)16-5-3-12-9(8-16)4-6-19-12/h1-2,4,6-7H,3,5,8,15H2. The highest BCUT2D eigenvalue weighted by Crippen LogP contribution is 2.31. The molecule has 2 aromatic rings. The molecule has 1 aliphatic heterocycles. The van der Waals surface area contributed by atoms with Gasteiger partial charge in [-0.2, -0.15) is 4.31 Å². The highest BCUT2D eigenvalue weighted by Gasteiger charge is 2.30. The molecule has 1 aromatic heterocycles. The van der Waals surface area contributed by atoms with E-state index in [1.807, 2.05) is 11.4 Å². The molecule has 7 heteroatoms. The van der Waals surface area contributed by atoms with Crippen molar-refractivity contribution in [3.05, 3.63) is 44.6 Å². The number of nitrogen functional groups attached to an aromatic ring is 1. The Balaban J connectivity index is 1.99. The Kier molecular flexibility index (Phi) is 3.62. The zero-order valence-corrected chi connectivity index (χ0v) is 13.8. The van der Waals surface area contributed by atoms with Gasteiger partial charge in [-0.25, -0.2) is 8.42 Å². The van der Waals surface area contributed by atoms with Crippen molar-refractivity contribution < 1.29 is 8.42 Å². The Hall–Kier alpha value is -0.890. The molecule has 2 heterocycles. The first-order chi connectivity index (χ1) is 9.48. The molecular weight excluding hydrogens is 360 g/mol. The molecule has 106 valence electrons. The van der Waals surface area contributed by atoms with Crippen LogP contribution >= 0.6 is 27.3 Å². The number of fused-ring (bicyclic) bond motifs is 1. The summed E-state index contributed by atoms with van der Waals surface area (Å²) in [4.78, 5) is 1.51. The van der Waals surface area contributed by atoms with Crippen LogP contribution in [0.3, 0.4) is 0 Å². The number of nitrogens with two attached hydrogens (primary N) is 1. The molecule has 2 N–H and O–H groups in total. The van der Waals surface area contributed by atoms with Crippen molar-refractivity contribution in [3.63, 3.8) is 0 Å². The van der Waals surface area contributed by atoms with Crippen LogP contribution in [0.15, 0.2) is 39.0 Å². The molecule has 3 rings (SSSR count). The molecule has 0 saturated carbocycles. The van der Waals surface area contributed by atoms with Crippen LogP contribution in [0.1, 0.15) is 10.4 Å². The quantitative estimate of drug-likeness (QED) is 0.824. The Morgan fingerprint density at radius 2 is 2.10 bits per heavy atom. The number of nitrogens with zero attached hydrogens (tertiary/aromatic N) is 1. The van der Waals surface area contributed by atoms with Crippen molar-refractivity contribution in [1.29, 1.82) is 0 Å². The fourth-order valence-corrected chi connectivity index (χ4v) is 5.55. The van der Waals surface area contributed by atoms with Gasteiger partial charge in [0.25, 0.3) is 0 Å². The highest BCUT2D eigenvalue weighted by atomic mass is 79.9. The largest absolute Gasteiger partial charge is 0.399 e. The van der Waals surface area contributed by atoms with Gasteiger partial charge < -0.3 is 5.73 Å². The van der Waals surface area contributed by atoms with E-state index in [-0.39, 0.29) is 4.90 Å². The maximum absolute atomic E-state index is 12.7. The third kappa shape index (κ3) is 2.39. The molecule has 4 nitrogen and oxygen atoms in total. The smallest absolute Gasteiger partial charge is 0.244 e. The first kappa shape index (κ1) is 14.1. The number of hydrogen-bond acceptors (Lipinski definition) is 4. The second-order valence-corrected chi connectivity index (χ2v) is 8.41. The van der Waals surface area contributed by atoms with Crippen LogP contribution in [0.5, 0.6) is 0 Å². The Bertz CT molecular complexity index is 755. The van der Waals surface area contributed by atoms with Gasteiger partial charge in [-0.05, 0) is 57.6 Å². The predicted octanol–water partition coefficient (Wildman–Crippen LogP) is 2.84. The van der Waals surface area contributed by atoms with E-state index in [1.54, 1.807) is 23.5 Å². The summed E-state index contributed by atoms with van der Waals surface area (Å²) in [6.07, 6.45) is 0.770. The highest BCUT2D eigenvalue weighted by molar-refractivity contribution is 9.10. The molecule has 0 unspecified atom stereocenters. The van der Waals surface area contributed by atoms with Crippen molar-refractivity contribution in [2.45, 2.75) is 17.9 Å². The molecule has 1 aromatic carbocycles. The zero-order valence-electron chi connectivity index (χ0n) is 10.5. The summed E-state index contributed by atoms with van der Waals surface area (Å²) in [5.41, 5.74) is 7.26. The van der Waals surface area contributed by atoms with E-state index in [0.29, 0.717) is 23.2 Å². The van der Waals surface area contributed by atoms with Crippen molar-refractivity contribution in [2.24, 2.45) is 0 Å². The fraction of sp³-hybridized carbons (Fsp3) is 0.231. The fourth-order valence-electron chi connectivity index (χ4n) is 2.28. The second-order valence-electron chi connectivity index (χ2n) is 4.65. The van der Waals surface area contributed by atoms with E-state index in [4.69, 9.17) is 5.73 Å². The van der Waals surface area contributed by atoms with Gasteiger partial charge in [0.2, 0.25) is 10.0 Å². The third-order valence-electron chi connectivity index (χ3n) is 3.35. The molecule has 0 atom stereocenters. The number of sulfonamides is 1. The van der Waals surface area contributed by atoms with Crippen molar-refractivity contribution in [2.75, 3.05) is 12.3 Å². The lowest BCUT2D eigenvalue weighted by Gasteiger charge is -2.26. The third-order valence-corrected chi connectivity index (χ3v) is 7.21. The molecule has 0 amide bonds. The van der Waals surface area contributed by atoms with Crippen molar-refractivity contribution >= 4 is 43.0 Å². The average Bonchev–Trinajstić information content (AvgIpc) is 2.88. The molecule has 0 spiro atoms. The summed E-state index contributed by atoms with van der Waals surface area (Å²) in [5.74, 6) is 0. The van der Waals surface area contributed by atoms with E-state index >= 15 is 0 Å². The summed E-state index contributed by atoms with van der Waals surface area (Å²) in [6, 6.07) is 6.84. The SMILES string of the molecule is Nc1ccc(Br)c(S(=O)(=O)N2CCc3sccc3C2)c1. The van der Waals surface area contributed by atoms with Crippen molar-refractivity contribution in [1.82, 2.24) is 4.31 Å². The van der Waals surface area contributed by atoms with Crippen LogP contribution in [0.25, 0.3) is 0 Å². The molecule has 0 fully saturated rings. The number of thiophene rings is 1. The molecular formula is C13H13BrN2O2S2. The van der Waals surface area contributed by atoms with E-state index in [1.165, 1.54) is 15.2 Å². The van der Waals surface area contributed by atoms with Gasteiger partial charge in [0.15, 0.2) is 0 Å². The van der Waals surface area contributed by atoms with Gasteiger partial charge in [0, 0.05) is 28.1 Å². The molecule has 0 saturated heterocycles. The Morgan fingerprint density at radius 3 is 2.90 bits per heavy atom. The van der Waals surface area contributed by atoms with Crippen LogP contribution in [0.4, 0.5) is 5.69 Å². The van der Waals surface area contributed by atoms with Crippen LogP contribution in [-0.2, 0) is 23.0 Å². The van der Waals surface area contributed by atoms with Gasteiger partial charge in [0.1, 0.15) is 0 Å². The average molecular weight is 373 g/mol. The summed E-state index contributed by atoms with van der Waals surface area (Å²) >= 11 is 4.99. The van der Waals surface area contributed by atoms with E-state index in [0.717, 1.165) is 12.0 Å². The first-order valence-corrected chi connectivity index (χ1v) is 9.20. The topological polar surface area (TPSA) is 63.4 Å². The lowest BCUT2D eigenvalue weighted by atomic mass is 10.1. The summed E-state index contributed by atoms with van der Waals surface area (Å²) in [7, 11) is -3.52. The predicted molar refractivity (Wildman–Crippen MR) is 84.2 cm³/mol. The first-order valence-electron chi connectivity index (χ1n) is 6.09. The van der Waals surface area contributed by atoms with Crippen LogP contribution in [-0.4, -0.2) is 19.3 Å². The number of halogens is 1. The Labute approximate surface area is 130 Å². The van der Waals surface area contributed by atoms with E-state index in [9.17, 15) is 8.42 Å². The van der Waals surface area contributed by atoms with Gasteiger partial charge in [-0.15, -0.1) is 11.3 Å². The van der Waals surface area contributed by atoms with E-state index in [2.05, 4.69) is 15.9 Å². The molecule has 0 aliphatic carbocycles. The summed E-state index contributed by atoms with van der Waals surface area (Å²) in [6.45, 7) is 0.944. The van der Waals surface area contributed by atoms with Crippen LogP contribution < -0.4 is 5.73 Å². The van der Waals surface area contributed by atoms with Gasteiger partial charge in [-0.3, -0.25) is 0 Å². The lowest BCUT2D eigenvalue weighted by Crippen LogP contribution is -2.35. The number of hydrogen-bond donors (Lipinski definition) is 1. The number of benzene rings is 1. The molecule has 20 heavy (non-hydrogen) atoms. The molecule has 1 aliphatic rings. The summed E-state index contributed by atoms with van der Waals surface area (Å²) in [5, 5.41) is 2.01. The molecule has 0 radical (unpaired) electrons. The van der Waals surface area contributed by atoms with E-state index < -0.39 is 10.0 Å². The van der Waals surface area contributed by atoms with Gasteiger partial charge in [0.05, 0.1) is 4.90 Å². The second kappa shape index (κ2) is 5.14.